The Kier molecular flexibility index (Phi) is 5.46. The van der Waals surface area contributed by atoms with Crippen molar-refractivity contribution in [2.24, 2.45) is 0 Å². The van der Waals surface area contributed by atoms with Gasteiger partial charge in [0.05, 0.1) is 18.5 Å². The molecular formula is C20H21ClN4O2. The first-order valence-electron chi connectivity index (χ1n) is 8.48. The average molecular weight is 385 g/mol. The van der Waals surface area contributed by atoms with Crippen LogP contribution in [0.15, 0.2) is 42.5 Å². The SMILES string of the molecule is COc1ccc(Cl)cc1CN(C)C(=O)c1nnn(-c2ccc(C)cc2)c1C. The van der Waals surface area contributed by atoms with E-state index in [1.54, 1.807) is 41.9 Å². The highest BCUT2D eigenvalue weighted by Gasteiger charge is 2.21. The molecule has 140 valence electrons. The summed E-state index contributed by atoms with van der Waals surface area (Å²) in [6.07, 6.45) is 0. The van der Waals surface area contributed by atoms with E-state index >= 15 is 0 Å². The molecule has 27 heavy (non-hydrogen) atoms. The molecule has 1 heterocycles. The van der Waals surface area contributed by atoms with Crippen molar-refractivity contribution in [2.45, 2.75) is 20.4 Å². The Bertz CT molecular complexity index is 967. The number of nitrogens with zero attached hydrogens (tertiary/aromatic N) is 4. The molecule has 0 saturated heterocycles. The molecule has 2 aromatic carbocycles. The van der Waals surface area contributed by atoms with Crippen molar-refractivity contribution in [3.05, 3.63) is 70.0 Å². The Balaban J connectivity index is 1.84. The van der Waals surface area contributed by atoms with Gasteiger partial charge >= 0.3 is 0 Å². The lowest BCUT2D eigenvalue weighted by Gasteiger charge is -2.18. The fraction of sp³-hybridized carbons (Fsp3) is 0.250. The minimum absolute atomic E-state index is 0.215. The molecule has 3 aromatic rings. The molecule has 7 heteroatoms. The van der Waals surface area contributed by atoms with E-state index in [9.17, 15) is 4.79 Å². The molecule has 0 fully saturated rings. The number of aromatic nitrogens is 3. The highest BCUT2D eigenvalue weighted by atomic mass is 35.5. The van der Waals surface area contributed by atoms with Crippen molar-refractivity contribution in [3.63, 3.8) is 0 Å². The van der Waals surface area contributed by atoms with Crippen LogP contribution in [0.1, 0.15) is 27.3 Å². The second kappa shape index (κ2) is 7.80. The quantitative estimate of drug-likeness (QED) is 0.671. The van der Waals surface area contributed by atoms with Crippen LogP contribution < -0.4 is 4.74 Å². The number of rotatable bonds is 5. The molecule has 0 N–H and O–H groups in total. The summed E-state index contributed by atoms with van der Waals surface area (Å²) in [6, 6.07) is 13.2. The first-order chi connectivity index (χ1) is 12.9. The molecule has 6 nitrogen and oxygen atoms in total. The third kappa shape index (κ3) is 3.95. The Morgan fingerprint density at radius 2 is 1.89 bits per heavy atom. The first-order valence-corrected chi connectivity index (χ1v) is 8.85. The number of hydrogen-bond donors (Lipinski definition) is 0. The van der Waals surface area contributed by atoms with Crippen LogP contribution in [-0.2, 0) is 6.54 Å². The standard InChI is InChI=1S/C20H21ClN4O2/c1-13-5-8-17(9-6-13)25-14(2)19(22-23-25)20(26)24(3)12-15-11-16(21)7-10-18(15)27-4/h5-11H,12H2,1-4H3. The van der Waals surface area contributed by atoms with Crippen molar-refractivity contribution in [2.75, 3.05) is 14.2 Å². The molecule has 0 aliphatic rings. The predicted molar refractivity (Wildman–Crippen MR) is 105 cm³/mol. The summed E-state index contributed by atoms with van der Waals surface area (Å²) < 4.78 is 7.02. The predicted octanol–water partition coefficient (Wildman–Crippen LogP) is 3.82. The van der Waals surface area contributed by atoms with Gasteiger partial charge in [0, 0.05) is 24.2 Å². The highest BCUT2D eigenvalue weighted by Crippen LogP contribution is 2.24. The largest absolute Gasteiger partial charge is 0.496 e. The number of halogens is 1. The molecule has 0 aliphatic heterocycles. The number of hydrogen-bond acceptors (Lipinski definition) is 4. The molecule has 0 aliphatic carbocycles. The number of amides is 1. The van der Waals surface area contributed by atoms with Crippen LogP contribution in [-0.4, -0.2) is 40.0 Å². The number of methoxy groups -OCH3 is 1. The van der Waals surface area contributed by atoms with E-state index in [4.69, 9.17) is 16.3 Å². The summed E-state index contributed by atoms with van der Waals surface area (Å²) in [7, 11) is 3.30. The Morgan fingerprint density at radius 1 is 1.19 bits per heavy atom. The van der Waals surface area contributed by atoms with E-state index < -0.39 is 0 Å². The van der Waals surface area contributed by atoms with E-state index in [1.807, 2.05) is 38.1 Å². The lowest BCUT2D eigenvalue weighted by atomic mass is 10.2. The van der Waals surface area contributed by atoms with Crippen molar-refractivity contribution in [3.8, 4) is 11.4 Å². The lowest BCUT2D eigenvalue weighted by Crippen LogP contribution is -2.27. The van der Waals surface area contributed by atoms with E-state index in [0.717, 1.165) is 16.8 Å². The van der Waals surface area contributed by atoms with E-state index in [1.165, 1.54) is 0 Å². The van der Waals surface area contributed by atoms with Gasteiger partial charge in [0.2, 0.25) is 0 Å². The van der Waals surface area contributed by atoms with Gasteiger partial charge in [-0.2, -0.15) is 0 Å². The van der Waals surface area contributed by atoms with Gasteiger partial charge in [0.25, 0.3) is 5.91 Å². The molecule has 0 saturated carbocycles. The number of aryl methyl sites for hydroxylation is 1. The van der Waals surface area contributed by atoms with Crippen LogP contribution in [0, 0.1) is 13.8 Å². The fourth-order valence-electron chi connectivity index (χ4n) is 2.84. The Labute approximate surface area is 163 Å². The molecule has 0 spiro atoms. The first kappa shape index (κ1) is 18.9. The second-order valence-electron chi connectivity index (χ2n) is 6.39. The number of carbonyl (C=O) groups is 1. The van der Waals surface area contributed by atoms with Crippen molar-refractivity contribution in [1.82, 2.24) is 19.9 Å². The number of benzene rings is 2. The third-order valence-corrected chi connectivity index (χ3v) is 4.61. The van der Waals surface area contributed by atoms with Gasteiger partial charge in [0.15, 0.2) is 5.69 Å². The molecule has 1 amide bonds. The van der Waals surface area contributed by atoms with E-state index in [-0.39, 0.29) is 5.91 Å². The molecule has 0 atom stereocenters. The monoisotopic (exact) mass is 384 g/mol. The summed E-state index contributed by atoms with van der Waals surface area (Å²) in [4.78, 5) is 14.5. The number of carbonyl (C=O) groups excluding carboxylic acids is 1. The van der Waals surface area contributed by atoms with Gasteiger partial charge in [-0.25, -0.2) is 4.68 Å². The van der Waals surface area contributed by atoms with E-state index in [0.29, 0.717) is 28.7 Å². The minimum Gasteiger partial charge on any atom is -0.496 e. The summed E-state index contributed by atoms with van der Waals surface area (Å²) in [5.74, 6) is 0.465. The van der Waals surface area contributed by atoms with E-state index in [2.05, 4.69) is 10.3 Å². The summed E-state index contributed by atoms with van der Waals surface area (Å²) >= 11 is 6.08. The van der Waals surface area contributed by atoms with Crippen molar-refractivity contribution < 1.29 is 9.53 Å². The summed E-state index contributed by atoms with van der Waals surface area (Å²) in [6.45, 7) is 4.20. The maximum Gasteiger partial charge on any atom is 0.276 e. The van der Waals surface area contributed by atoms with Crippen molar-refractivity contribution in [1.29, 1.82) is 0 Å². The van der Waals surface area contributed by atoms with Gasteiger partial charge in [-0.3, -0.25) is 4.79 Å². The van der Waals surface area contributed by atoms with Gasteiger partial charge in [-0.05, 0) is 44.2 Å². The third-order valence-electron chi connectivity index (χ3n) is 4.37. The van der Waals surface area contributed by atoms with Crippen LogP contribution in [0.4, 0.5) is 0 Å². The van der Waals surface area contributed by atoms with Gasteiger partial charge in [0.1, 0.15) is 5.75 Å². The topological polar surface area (TPSA) is 60.2 Å². The highest BCUT2D eigenvalue weighted by molar-refractivity contribution is 6.30. The average Bonchev–Trinajstić information content (AvgIpc) is 3.03. The smallest absolute Gasteiger partial charge is 0.276 e. The number of ether oxygens (including phenoxy) is 1. The minimum atomic E-state index is -0.215. The summed E-state index contributed by atoms with van der Waals surface area (Å²) in [5, 5.41) is 8.84. The van der Waals surface area contributed by atoms with Gasteiger partial charge in [-0.15, -0.1) is 5.10 Å². The lowest BCUT2D eigenvalue weighted by molar-refractivity contribution is 0.0777. The molecular weight excluding hydrogens is 364 g/mol. The molecule has 0 unspecified atom stereocenters. The van der Waals surface area contributed by atoms with Crippen LogP contribution >= 0.6 is 11.6 Å². The molecule has 3 rings (SSSR count). The zero-order valence-electron chi connectivity index (χ0n) is 15.7. The van der Waals surface area contributed by atoms with Crippen LogP contribution in [0.25, 0.3) is 5.69 Å². The van der Waals surface area contributed by atoms with Gasteiger partial charge in [-0.1, -0.05) is 34.5 Å². The van der Waals surface area contributed by atoms with Crippen LogP contribution in [0.5, 0.6) is 5.75 Å². The molecule has 1 aromatic heterocycles. The molecule has 0 radical (unpaired) electrons. The van der Waals surface area contributed by atoms with Crippen LogP contribution in [0.2, 0.25) is 5.02 Å². The Morgan fingerprint density at radius 3 is 2.56 bits per heavy atom. The second-order valence-corrected chi connectivity index (χ2v) is 6.82. The van der Waals surface area contributed by atoms with Crippen molar-refractivity contribution >= 4 is 17.5 Å². The zero-order valence-corrected chi connectivity index (χ0v) is 16.5. The molecule has 0 bridgehead atoms. The zero-order chi connectivity index (χ0) is 19.6. The fourth-order valence-corrected chi connectivity index (χ4v) is 3.03. The van der Waals surface area contributed by atoms with Gasteiger partial charge < -0.3 is 9.64 Å². The maximum absolute atomic E-state index is 12.9. The summed E-state index contributed by atoms with van der Waals surface area (Å²) in [5.41, 5.74) is 3.85. The normalized spacial score (nSPS) is 10.7. The Hall–Kier alpha value is -2.86. The van der Waals surface area contributed by atoms with Crippen LogP contribution in [0.3, 0.4) is 0 Å². The maximum atomic E-state index is 12.9.